The number of phosphoric ester groups is 2. The number of esters is 4. The van der Waals surface area contributed by atoms with Crippen LogP contribution in [-0.4, -0.2) is 96.7 Å². The highest BCUT2D eigenvalue weighted by atomic mass is 31.2. The van der Waals surface area contributed by atoms with Gasteiger partial charge in [0.2, 0.25) is 0 Å². The molecule has 17 nitrogen and oxygen atoms in total. The van der Waals surface area contributed by atoms with Crippen LogP contribution >= 0.6 is 15.6 Å². The van der Waals surface area contributed by atoms with Crippen molar-refractivity contribution >= 4 is 39.5 Å². The van der Waals surface area contributed by atoms with Crippen molar-refractivity contribution in [2.24, 2.45) is 11.8 Å². The van der Waals surface area contributed by atoms with E-state index >= 15 is 0 Å². The van der Waals surface area contributed by atoms with Crippen LogP contribution in [0.4, 0.5) is 0 Å². The van der Waals surface area contributed by atoms with Gasteiger partial charge in [0.25, 0.3) is 0 Å². The standard InChI is InChI=1S/C86H168O17P2/c1-7-10-12-14-16-18-20-22-24-27-31-35-38-44-50-56-62-68-83(88)96-74-81(102-86(91)71-65-59-53-46-40-36-32-29-26-25-28-30-33-37-43-49-55-61-67-79(6)9-3)76-100-104(92,93)98-72-80(87)73-99-105(94,95)101-77-82(75-97-84(89)69-63-57-51-47-41-42-48-54-60-66-78(4)5)103-85(90)70-64-58-52-45-39-34-23-21-19-17-15-13-11-8-2/h78-82,87H,7-77H2,1-6H3,(H,92,93)(H,94,95)/t79?,80-,81-,82-/m1/s1. The highest BCUT2D eigenvalue weighted by Crippen LogP contribution is 2.45. The summed E-state index contributed by atoms with van der Waals surface area (Å²) in [7, 11) is -9.93. The Kier molecular flexibility index (Phi) is 76.0. The SMILES string of the molecule is CCCCCCCCCCCCCCCCCCCC(=O)OC[C@H](COP(=O)(O)OC[C@@H](O)COP(=O)(O)OC[C@@H](COC(=O)CCCCCCCCCCCC(C)C)OC(=O)CCCCCCCCCCCCCCCC)OC(=O)CCCCCCCCCCCCCCCCCCCCC(C)CC. The van der Waals surface area contributed by atoms with Crippen molar-refractivity contribution in [1.29, 1.82) is 0 Å². The number of unbranched alkanes of at least 4 members (excludes halogenated alkanes) is 54. The Morgan fingerprint density at radius 1 is 0.276 bits per heavy atom. The molecular formula is C86H168O17P2. The third-order valence-corrected chi connectivity index (χ3v) is 22.5. The van der Waals surface area contributed by atoms with Crippen LogP contribution in [0.2, 0.25) is 0 Å². The van der Waals surface area contributed by atoms with E-state index in [-0.39, 0.29) is 25.7 Å². The summed E-state index contributed by atoms with van der Waals surface area (Å²) in [6.07, 6.45) is 69.3. The molecule has 6 atom stereocenters. The van der Waals surface area contributed by atoms with Crippen molar-refractivity contribution in [2.45, 2.75) is 477 Å². The molecule has 0 saturated heterocycles. The number of ether oxygens (including phenoxy) is 4. The molecule has 19 heteroatoms. The first kappa shape index (κ1) is 103. The molecular weight excluding hydrogens is 1370 g/mol. The lowest BCUT2D eigenvalue weighted by molar-refractivity contribution is -0.161. The van der Waals surface area contributed by atoms with Gasteiger partial charge in [-0.05, 0) is 37.5 Å². The summed E-state index contributed by atoms with van der Waals surface area (Å²) in [6, 6.07) is 0. The Labute approximate surface area is 645 Å². The highest BCUT2D eigenvalue weighted by molar-refractivity contribution is 7.47. The zero-order chi connectivity index (χ0) is 77.1. The van der Waals surface area contributed by atoms with Gasteiger partial charge in [0.05, 0.1) is 26.4 Å². The van der Waals surface area contributed by atoms with Crippen molar-refractivity contribution in [3.8, 4) is 0 Å². The summed E-state index contributed by atoms with van der Waals surface area (Å²) in [5.41, 5.74) is 0. The fourth-order valence-corrected chi connectivity index (χ4v) is 15.0. The zero-order valence-electron chi connectivity index (χ0n) is 69.0. The summed E-state index contributed by atoms with van der Waals surface area (Å²) >= 11 is 0. The van der Waals surface area contributed by atoms with Gasteiger partial charge < -0.3 is 33.8 Å². The van der Waals surface area contributed by atoms with Gasteiger partial charge >= 0.3 is 39.5 Å². The van der Waals surface area contributed by atoms with Crippen LogP contribution in [0.1, 0.15) is 459 Å². The molecule has 0 aromatic carbocycles. The van der Waals surface area contributed by atoms with Gasteiger partial charge in [0, 0.05) is 25.7 Å². The first-order valence-corrected chi connectivity index (χ1v) is 47.5. The molecule has 3 N–H and O–H groups in total. The summed E-state index contributed by atoms with van der Waals surface area (Å²) in [5.74, 6) is -0.486. The molecule has 0 amide bonds. The van der Waals surface area contributed by atoms with Gasteiger partial charge in [0.1, 0.15) is 19.3 Å². The summed E-state index contributed by atoms with van der Waals surface area (Å²) in [5, 5.41) is 10.7. The highest BCUT2D eigenvalue weighted by Gasteiger charge is 2.30. The molecule has 0 aromatic heterocycles. The minimum atomic E-state index is -4.97. The molecule has 0 aliphatic carbocycles. The number of aliphatic hydroxyl groups is 1. The van der Waals surface area contributed by atoms with Gasteiger partial charge in [-0.1, -0.05) is 408 Å². The Balaban J connectivity index is 5.24. The predicted octanol–water partition coefficient (Wildman–Crippen LogP) is 26.2. The van der Waals surface area contributed by atoms with Crippen LogP contribution in [-0.2, 0) is 65.4 Å². The van der Waals surface area contributed by atoms with E-state index in [4.69, 9.17) is 37.0 Å². The average Bonchev–Trinajstić information content (AvgIpc) is 0.910. The quantitative estimate of drug-likeness (QED) is 0.0222. The van der Waals surface area contributed by atoms with E-state index in [1.54, 1.807) is 0 Å². The van der Waals surface area contributed by atoms with Crippen molar-refractivity contribution < 1.29 is 80.2 Å². The van der Waals surface area contributed by atoms with Crippen LogP contribution < -0.4 is 0 Å². The molecule has 0 aromatic rings. The molecule has 0 bridgehead atoms. The maximum Gasteiger partial charge on any atom is 0.472 e. The molecule has 0 aliphatic heterocycles. The lowest BCUT2D eigenvalue weighted by Crippen LogP contribution is -2.30. The van der Waals surface area contributed by atoms with Gasteiger partial charge in [-0.15, -0.1) is 0 Å². The van der Waals surface area contributed by atoms with E-state index < -0.39 is 97.5 Å². The van der Waals surface area contributed by atoms with Crippen molar-refractivity contribution in [2.75, 3.05) is 39.6 Å². The molecule has 0 spiro atoms. The van der Waals surface area contributed by atoms with Crippen LogP contribution in [0, 0.1) is 11.8 Å². The van der Waals surface area contributed by atoms with Crippen LogP contribution in [0.5, 0.6) is 0 Å². The Morgan fingerprint density at radius 2 is 0.486 bits per heavy atom. The number of carbonyl (C=O) groups is 4. The van der Waals surface area contributed by atoms with Crippen LogP contribution in [0.15, 0.2) is 0 Å². The third-order valence-electron chi connectivity index (χ3n) is 20.6. The number of carbonyl (C=O) groups excluding carboxylic acids is 4. The number of rotatable bonds is 85. The largest absolute Gasteiger partial charge is 0.472 e. The molecule has 105 heavy (non-hydrogen) atoms. The fraction of sp³-hybridized carbons (Fsp3) is 0.953. The lowest BCUT2D eigenvalue weighted by atomic mass is 9.99. The average molecular weight is 1540 g/mol. The van der Waals surface area contributed by atoms with Crippen molar-refractivity contribution in [3.05, 3.63) is 0 Å². The smallest absolute Gasteiger partial charge is 0.462 e. The summed E-state index contributed by atoms with van der Waals surface area (Å²) in [4.78, 5) is 73.2. The maximum atomic E-state index is 13.1. The number of hydrogen-bond donors (Lipinski definition) is 3. The number of hydrogen-bond acceptors (Lipinski definition) is 15. The maximum absolute atomic E-state index is 13.1. The second kappa shape index (κ2) is 77.4. The Morgan fingerprint density at radius 3 is 0.724 bits per heavy atom. The van der Waals surface area contributed by atoms with E-state index in [0.29, 0.717) is 25.7 Å². The Bertz CT molecular complexity index is 2010. The number of phosphoric acid groups is 2. The van der Waals surface area contributed by atoms with E-state index in [0.717, 1.165) is 102 Å². The molecule has 0 saturated carbocycles. The lowest BCUT2D eigenvalue weighted by Gasteiger charge is -2.21. The van der Waals surface area contributed by atoms with E-state index in [9.17, 15) is 43.2 Å². The fourth-order valence-electron chi connectivity index (χ4n) is 13.4. The van der Waals surface area contributed by atoms with Crippen LogP contribution in [0.25, 0.3) is 0 Å². The summed E-state index contributed by atoms with van der Waals surface area (Å²) in [6.45, 7) is 9.72. The van der Waals surface area contributed by atoms with Gasteiger partial charge in [-0.3, -0.25) is 37.3 Å². The van der Waals surface area contributed by atoms with Gasteiger partial charge in [-0.2, -0.15) is 0 Å². The number of aliphatic hydroxyl groups excluding tert-OH is 1. The topological polar surface area (TPSA) is 237 Å². The third kappa shape index (κ3) is 78.5. The van der Waals surface area contributed by atoms with Gasteiger partial charge in [0.15, 0.2) is 12.2 Å². The molecule has 0 radical (unpaired) electrons. The Hall–Kier alpha value is -1.94. The molecule has 0 rings (SSSR count). The molecule has 0 aliphatic rings. The first-order chi connectivity index (χ1) is 50.9. The van der Waals surface area contributed by atoms with E-state index in [2.05, 4.69) is 41.5 Å². The minimum absolute atomic E-state index is 0.108. The first-order valence-electron chi connectivity index (χ1n) is 44.5. The molecule has 0 fully saturated rings. The second-order valence-corrected chi connectivity index (χ2v) is 34.6. The second-order valence-electron chi connectivity index (χ2n) is 31.6. The zero-order valence-corrected chi connectivity index (χ0v) is 70.8. The van der Waals surface area contributed by atoms with Crippen molar-refractivity contribution in [3.63, 3.8) is 0 Å². The molecule has 3 unspecified atom stereocenters. The predicted molar refractivity (Wildman–Crippen MR) is 432 cm³/mol. The van der Waals surface area contributed by atoms with Crippen molar-refractivity contribution in [1.82, 2.24) is 0 Å². The normalized spacial score (nSPS) is 14.1. The van der Waals surface area contributed by atoms with Crippen LogP contribution in [0.3, 0.4) is 0 Å². The summed E-state index contributed by atoms with van der Waals surface area (Å²) < 4.78 is 68.9. The molecule has 624 valence electrons. The minimum Gasteiger partial charge on any atom is -0.462 e. The van der Waals surface area contributed by atoms with E-state index in [1.165, 1.54) is 276 Å². The van der Waals surface area contributed by atoms with Gasteiger partial charge in [-0.25, -0.2) is 9.13 Å². The monoisotopic (exact) mass is 1540 g/mol. The molecule has 0 heterocycles. The van der Waals surface area contributed by atoms with E-state index in [1.807, 2.05) is 0 Å².